The molecule has 7 heteroatoms. The third-order valence-electron chi connectivity index (χ3n) is 7.81. The van der Waals surface area contributed by atoms with Crippen molar-refractivity contribution in [3.63, 3.8) is 0 Å². The van der Waals surface area contributed by atoms with E-state index in [2.05, 4.69) is 17.3 Å². The monoisotopic (exact) mass is 400 g/mol. The first kappa shape index (κ1) is 18.7. The number of aryl methyl sites for hydroxylation is 1. The van der Waals surface area contributed by atoms with Crippen LogP contribution in [0.1, 0.15) is 49.3 Å². The summed E-state index contributed by atoms with van der Waals surface area (Å²) in [6.45, 7) is 2.49. The maximum Gasteiger partial charge on any atom is 0.303 e. The minimum atomic E-state index is -0.834. The van der Waals surface area contributed by atoms with Gasteiger partial charge in [-0.2, -0.15) is 0 Å². The minimum Gasteiger partial charge on any atom is -0.504 e. The molecule has 156 valence electrons. The average Bonchev–Trinajstić information content (AvgIpc) is 3.01. The van der Waals surface area contributed by atoms with E-state index in [0.29, 0.717) is 24.1 Å². The van der Waals surface area contributed by atoms with Crippen LogP contribution in [0, 0.1) is 5.92 Å². The van der Waals surface area contributed by atoms with E-state index >= 15 is 0 Å². The number of aliphatic carboxylic acids is 1. The highest BCUT2D eigenvalue weighted by Crippen LogP contribution is 2.64. The number of nitrogens with one attached hydrogen (secondary N) is 1. The maximum absolute atomic E-state index is 11.8. The third kappa shape index (κ3) is 2.52. The van der Waals surface area contributed by atoms with E-state index in [1.165, 1.54) is 6.92 Å². The Morgan fingerprint density at radius 3 is 2.90 bits per heavy atom. The Balaban J connectivity index is 1.68. The van der Waals surface area contributed by atoms with Crippen LogP contribution in [0.4, 0.5) is 0 Å². The van der Waals surface area contributed by atoms with E-state index in [0.717, 1.165) is 48.9 Å². The van der Waals surface area contributed by atoms with Gasteiger partial charge in [0.15, 0.2) is 11.5 Å². The summed E-state index contributed by atoms with van der Waals surface area (Å²) >= 11 is 0. The van der Waals surface area contributed by atoms with E-state index in [1.807, 2.05) is 0 Å². The van der Waals surface area contributed by atoms with Gasteiger partial charge in [-0.1, -0.05) is 0 Å². The van der Waals surface area contributed by atoms with Crippen LogP contribution >= 0.6 is 0 Å². The van der Waals surface area contributed by atoms with Gasteiger partial charge >= 0.3 is 5.97 Å². The minimum absolute atomic E-state index is 0.0426. The number of hydrogen-bond acceptors (Lipinski definition) is 5. The van der Waals surface area contributed by atoms with E-state index in [-0.39, 0.29) is 35.6 Å². The van der Waals surface area contributed by atoms with Crippen LogP contribution in [-0.2, 0) is 27.8 Å². The number of amides is 1. The van der Waals surface area contributed by atoms with Crippen molar-refractivity contribution in [2.75, 3.05) is 13.6 Å². The standard InChI is InChI=1S/C22H28N2O5/c1-11(25)23-15-5-4-14-16-10-13-12(3-6-18(27)28)9-17(26)20-19(13)22(14,21(15)29-20)7-8-24(16)2/h9,14-16,21,26H,3-8,10H2,1-2H3,(H,23,25)(H,27,28)/t14?,15-,16?,21-,22-/m0/s1. The number of phenols is 1. The predicted octanol–water partition coefficient (Wildman–Crippen LogP) is 1.58. The van der Waals surface area contributed by atoms with Gasteiger partial charge in [0.1, 0.15) is 6.10 Å². The molecule has 1 aromatic rings. The van der Waals surface area contributed by atoms with Crippen molar-refractivity contribution in [3.05, 3.63) is 22.8 Å². The molecule has 2 aliphatic heterocycles. The quantitative estimate of drug-likeness (QED) is 0.710. The molecule has 2 heterocycles. The molecule has 1 amide bonds. The number of ether oxygens (including phenoxy) is 1. The Morgan fingerprint density at radius 2 is 2.17 bits per heavy atom. The molecule has 1 saturated heterocycles. The summed E-state index contributed by atoms with van der Waals surface area (Å²) in [5.41, 5.74) is 2.97. The zero-order chi connectivity index (χ0) is 20.5. The molecule has 2 bridgehead atoms. The summed E-state index contributed by atoms with van der Waals surface area (Å²) in [6, 6.07) is 2.00. The number of benzene rings is 1. The number of carbonyl (C=O) groups is 2. The topological polar surface area (TPSA) is 99.1 Å². The number of carboxylic acid groups (broad SMARTS) is 1. The summed E-state index contributed by atoms with van der Waals surface area (Å²) < 4.78 is 6.44. The highest BCUT2D eigenvalue weighted by molar-refractivity contribution is 5.74. The van der Waals surface area contributed by atoms with Gasteiger partial charge in [-0.15, -0.1) is 0 Å². The molecule has 0 aromatic heterocycles. The van der Waals surface area contributed by atoms with Gasteiger partial charge < -0.3 is 25.2 Å². The third-order valence-corrected chi connectivity index (χ3v) is 7.81. The Bertz CT molecular complexity index is 900. The van der Waals surface area contributed by atoms with E-state index in [9.17, 15) is 19.8 Å². The average molecular weight is 400 g/mol. The van der Waals surface area contributed by atoms with Crippen molar-refractivity contribution in [1.82, 2.24) is 10.2 Å². The van der Waals surface area contributed by atoms with Gasteiger partial charge in [0.25, 0.3) is 0 Å². The zero-order valence-corrected chi connectivity index (χ0v) is 16.9. The van der Waals surface area contributed by atoms with Crippen LogP contribution in [0.2, 0.25) is 0 Å². The number of rotatable bonds is 4. The maximum atomic E-state index is 11.8. The summed E-state index contributed by atoms with van der Waals surface area (Å²) in [5.74, 6) is 0.189. The number of carbonyl (C=O) groups excluding carboxylic acids is 1. The number of nitrogens with zero attached hydrogens (tertiary/aromatic N) is 1. The second-order valence-electron chi connectivity index (χ2n) is 9.20. The van der Waals surface area contributed by atoms with E-state index < -0.39 is 5.97 Å². The van der Waals surface area contributed by atoms with Gasteiger partial charge in [0.05, 0.1) is 6.04 Å². The van der Waals surface area contributed by atoms with Crippen LogP contribution in [0.15, 0.2) is 6.07 Å². The molecule has 29 heavy (non-hydrogen) atoms. The lowest BCUT2D eigenvalue weighted by molar-refractivity contribution is -0.137. The van der Waals surface area contributed by atoms with E-state index in [4.69, 9.17) is 4.74 Å². The molecule has 2 aliphatic carbocycles. The fourth-order valence-electron chi connectivity index (χ4n) is 6.77. The number of likely N-dealkylation sites (N-methyl/N-ethyl adjacent to an activating group) is 1. The molecule has 0 radical (unpaired) electrons. The van der Waals surface area contributed by atoms with Crippen molar-refractivity contribution >= 4 is 11.9 Å². The van der Waals surface area contributed by atoms with Gasteiger partial charge in [-0.25, -0.2) is 0 Å². The summed E-state index contributed by atoms with van der Waals surface area (Å²) in [7, 11) is 2.17. The van der Waals surface area contributed by atoms with Crippen molar-refractivity contribution in [2.45, 2.75) is 69.1 Å². The second kappa shape index (κ2) is 6.36. The molecule has 1 spiro atoms. The van der Waals surface area contributed by atoms with Crippen molar-refractivity contribution < 1.29 is 24.5 Å². The smallest absolute Gasteiger partial charge is 0.303 e. The number of hydrogen-bond donors (Lipinski definition) is 3. The Kier molecular flexibility index (Phi) is 4.11. The Labute approximate surface area is 170 Å². The highest BCUT2D eigenvalue weighted by atomic mass is 16.5. The summed E-state index contributed by atoms with van der Waals surface area (Å²) in [6.07, 6.45) is 3.93. The van der Waals surface area contributed by atoms with Crippen molar-refractivity contribution in [3.8, 4) is 11.5 Å². The number of phenolic OH excluding ortho intramolecular Hbond substituents is 1. The number of aromatic hydroxyl groups is 1. The largest absolute Gasteiger partial charge is 0.504 e. The lowest BCUT2D eigenvalue weighted by Crippen LogP contribution is -2.68. The molecule has 2 fully saturated rings. The van der Waals surface area contributed by atoms with Gasteiger partial charge in [0, 0.05) is 30.4 Å². The molecule has 5 atom stereocenters. The first-order valence-corrected chi connectivity index (χ1v) is 10.6. The SMILES string of the molecule is CC(=O)N[C@H]1CCC2C3Cc4c(CCC(=O)O)cc(O)c5c4[C@@]2(CCN3C)[C@H]1O5. The Hall–Kier alpha value is -2.28. The summed E-state index contributed by atoms with van der Waals surface area (Å²) in [4.78, 5) is 25.5. The molecular formula is C22H28N2O5. The lowest BCUT2D eigenvalue weighted by atomic mass is 9.50. The molecule has 2 unspecified atom stereocenters. The van der Waals surface area contributed by atoms with Gasteiger partial charge in [-0.3, -0.25) is 9.59 Å². The van der Waals surface area contributed by atoms with Gasteiger partial charge in [-0.05, 0) is 68.8 Å². The number of likely N-dealkylation sites (tertiary alicyclic amines) is 1. The fraction of sp³-hybridized carbons (Fsp3) is 0.636. The van der Waals surface area contributed by atoms with Crippen LogP contribution in [-0.4, -0.2) is 58.8 Å². The normalized spacial score (nSPS) is 34.3. The molecule has 3 N–H and O–H groups in total. The first-order valence-electron chi connectivity index (χ1n) is 10.6. The molecule has 1 saturated carbocycles. The van der Waals surface area contributed by atoms with Crippen LogP contribution < -0.4 is 10.1 Å². The number of piperidine rings is 1. The molecule has 7 nitrogen and oxygen atoms in total. The van der Waals surface area contributed by atoms with Crippen molar-refractivity contribution in [2.24, 2.45) is 5.92 Å². The lowest BCUT2D eigenvalue weighted by Gasteiger charge is -2.59. The van der Waals surface area contributed by atoms with E-state index in [1.54, 1.807) is 6.07 Å². The molecule has 5 rings (SSSR count). The highest BCUT2D eigenvalue weighted by Gasteiger charge is 2.65. The first-order chi connectivity index (χ1) is 13.8. The van der Waals surface area contributed by atoms with Crippen LogP contribution in [0.3, 0.4) is 0 Å². The van der Waals surface area contributed by atoms with Crippen LogP contribution in [0.5, 0.6) is 11.5 Å². The predicted molar refractivity (Wildman–Crippen MR) is 105 cm³/mol. The fourth-order valence-corrected chi connectivity index (χ4v) is 6.77. The van der Waals surface area contributed by atoms with Crippen molar-refractivity contribution in [1.29, 1.82) is 0 Å². The molecular weight excluding hydrogens is 372 g/mol. The second-order valence-corrected chi connectivity index (χ2v) is 9.20. The van der Waals surface area contributed by atoms with Crippen LogP contribution in [0.25, 0.3) is 0 Å². The number of carboxylic acids is 1. The summed E-state index contributed by atoms with van der Waals surface area (Å²) in [5, 5.41) is 23.1. The molecule has 4 aliphatic rings. The zero-order valence-electron chi connectivity index (χ0n) is 16.9. The van der Waals surface area contributed by atoms with Gasteiger partial charge in [0.2, 0.25) is 5.91 Å². The Morgan fingerprint density at radius 1 is 1.38 bits per heavy atom. The molecule has 1 aromatic carbocycles.